The zero-order valence-corrected chi connectivity index (χ0v) is 20.8. The first-order valence-electron chi connectivity index (χ1n) is 11.5. The molecule has 6 rings (SSSR count). The quantitative estimate of drug-likeness (QED) is 0.295. The number of aromatic amines is 2. The zero-order chi connectivity index (χ0) is 24.8. The lowest BCUT2D eigenvalue weighted by molar-refractivity contribution is 0.102. The van der Waals surface area contributed by atoms with Gasteiger partial charge in [0.05, 0.1) is 21.8 Å². The Kier molecular flexibility index (Phi) is 5.43. The van der Waals surface area contributed by atoms with Crippen LogP contribution in [-0.4, -0.2) is 54.9 Å². The number of hydrogen-bond acceptors (Lipinski definition) is 7. The summed E-state index contributed by atoms with van der Waals surface area (Å²) in [5.74, 6) is 0.0682. The second kappa shape index (κ2) is 8.78. The van der Waals surface area contributed by atoms with Crippen LogP contribution in [0.15, 0.2) is 61.1 Å². The molecule has 6 heterocycles. The van der Waals surface area contributed by atoms with Crippen LogP contribution in [0.5, 0.6) is 0 Å². The first kappa shape index (κ1) is 22.3. The van der Waals surface area contributed by atoms with Crippen LogP contribution < -0.4 is 0 Å². The number of carbonyl (C=O) groups is 1. The van der Waals surface area contributed by atoms with Gasteiger partial charge in [0.1, 0.15) is 16.9 Å². The van der Waals surface area contributed by atoms with Gasteiger partial charge in [0.2, 0.25) is 0 Å². The van der Waals surface area contributed by atoms with Gasteiger partial charge in [-0.05, 0) is 69.0 Å². The average Bonchev–Trinajstić information content (AvgIpc) is 3.60. The van der Waals surface area contributed by atoms with E-state index in [4.69, 9.17) is 4.98 Å². The lowest BCUT2D eigenvalue weighted by Crippen LogP contribution is -2.10. The summed E-state index contributed by atoms with van der Waals surface area (Å²) < 4.78 is 0. The highest BCUT2D eigenvalue weighted by atomic mass is 32.1. The number of fused-ring (bicyclic) bond motifs is 2. The monoisotopic (exact) mass is 493 g/mol. The van der Waals surface area contributed by atoms with Crippen LogP contribution in [-0.2, 0) is 6.54 Å². The number of ketones is 1. The predicted molar refractivity (Wildman–Crippen MR) is 143 cm³/mol. The maximum absolute atomic E-state index is 11.8. The molecule has 0 aliphatic carbocycles. The number of pyridine rings is 3. The van der Waals surface area contributed by atoms with Crippen LogP contribution in [0.25, 0.3) is 55.2 Å². The Morgan fingerprint density at radius 2 is 1.97 bits per heavy atom. The molecule has 0 saturated carbocycles. The molecular weight excluding hydrogens is 470 g/mol. The van der Waals surface area contributed by atoms with E-state index in [-0.39, 0.29) is 5.78 Å². The third kappa shape index (κ3) is 3.98. The third-order valence-corrected chi connectivity index (χ3v) is 7.22. The minimum atomic E-state index is 0.0682. The van der Waals surface area contributed by atoms with Crippen LogP contribution >= 0.6 is 11.3 Å². The van der Waals surface area contributed by atoms with Crippen molar-refractivity contribution in [2.45, 2.75) is 13.5 Å². The van der Waals surface area contributed by atoms with E-state index in [1.54, 1.807) is 13.1 Å². The minimum absolute atomic E-state index is 0.0682. The number of H-pyrrole nitrogens is 2. The van der Waals surface area contributed by atoms with E-state index < -0.39 is 0 Å². The summed E-state index contributed by atoms with van der Waals surface area (Å²) in [5.41, 5.74) is 7.88. The fourth-order valence-corrected chi connectivity index (χ4v) is 5.31. The Labute approximate surface area is 211 Å². The lowest BCUT2D eigenvalue weighted by Gasteiger charge is -2.10. The van der Waals surface area contributed by atoms with E-state index in [2.05, 4.69) is 36.1 Å². The maximum Gasteiger partial charge on any atom is 0.169 e. The smallest absolute Gasteiger partial charge is 0.169 e. The number of thiophene rings is 1. The number of nitrogens with zero attached hydrogens (tertiary/aromatic N) is 5. The Balaban J connectivity index is 1.43. The molecule has 0 radical (unpaired) electrons. The zero-order valence-electron chi connectivity index (χ0n) is 20.0. The van der Waals surface area contributed by atoms with Crippen LogP contribution in [0.1, 0.15) is 22.2 Å². The summed E-state index contributed by atoms with van der Waals surface area (Å²) in [6, 6.07) is 14.0. The van der Waals surface area contributed by atoms with Gasteiger partial charge in [0.25, 0.3) is 0 Å². The van der Waals surface area contributed by atoms with Gasteiger partial charge >= 0.3 is 0 Å². The molecule has 0 bridgehead atoms. The lowest BCUT2D eigenvalue weighted by atomic mass is 10.1. The van der Waals surface area contributed by atoms with Crippen LogP contribution in [0, 0.1) is 0 Å². The molecule has 0 aromatic carbocycles. The van der Waals surface area contributed by atoms with Gasteiger partial charge in [-0.2, -0.15) is 5.10 Å². The SMILES string of the molecule is CC(=O)c1ccc(-c2ccnc3[nH]c(-c4n[nH]c5ccc(-c6cncc(CN(C)C)c6)nc45)cc23)s1. The molecule has 6 aromatic rings. The number of carbonyl (C=O) groups excluding carboxylic acids is 1. The molecular formula is C27H23N7OS. The van der Waals surface area contributed by atoms with Gasteiger partial charge in [-0.1, -0.05) is 0 Å². The molecule has 0 unspecified atom stereocenters. The molecule has 0 atom stereocenters. The molecule has 0 fully saturated rings. The van der Waals surface area contributed by atoms with Crippen molar-refractivity contribution in [1.29, 1.82) is 0 Å². The molecule has 178 valence electrons. The highest BCUT2D eigenvalue weighted by Crippen LogP contribution is 2.36. The second-order valence-electron chi connectivity index (χ2n) is 9.01. The van der Waals surface area contributed by atoms with Crippen molar-refractivity contribution in [3.8, 4) is 33.1 Å². The summed E-state index contributed by atoms with van der Waals surface area (Å²) >= 11 is 1.49. The number of hydrogen-bond donors (Lipinski definition) is 2. The Morgan fingerprint density at radius 3 is 2.78 bits per heavy atom. The van der Waals surface area contributed by atoms with E-state index >= 15 is 0 Å². The van der Waals surface area contributed by atoms with Crippen molar-refractivity contribution in [1.82, 2.24) is 35.0 Å². The summed E-state index contributed by atoms with van der Waals surface area (Å²) in [6.45, 7) is 2.40. The first-order chi connectivity index (χ1) is 17.5. The number of rotatable bonds is 6. The van der Waals surface area contributed by atoms with E-state index in [0.717, 1.165) is 72.1 Å². The highest BCUT2D eigenvalue weighted by molar-refractivity contribution is 7.17. The normalized spacial score (nSPS) is 11.7. The highest BCUT2D eigenvalue weighted by Gasteiger charge is 2.17. The molecule has 9 heteroatoms. The average molecular weight is 494 g/mol. The third-order valence-electron chi connectivity index (χ3n) is 6.00. The largest absolute Gasteiger partial charge is 0.338 e. The van der Waals surface area contributed by atoms with Crippen LogP contribution in [0.2, 0.25) is 0 Å². The standard InChI is InChI=1S/C27H23N7OS/c1-15(35)23-6-7-24(36-23)18-8-9-29-27-19(18)11-22(31-27)26-25-21(32-33-26)5-4-20(30-25)17-10-16(12-28-13-17)14-34(2)3/h4-13H,14H2,1-3H3,(H,29,31)(H,32,33). The molecule has 0 aliphatic rings. The van der Waals surface area contributed by atoms with Crippen molar-refractivity contribution in [3.05, 3.63) is 71.5 Å². The van der Waals surface area contributed by atoms with Crippen molar-refractivity contribution < 1.29 is 4.79 Å². The predicted octanol–water partition coefficient (Wildman–Crippen LogP) is 5.56. The molecule has 0 aliphatic heterocycles. The van der Waals surface area contributed by atoms with Gasteiger partial charge < -0.3 is 9.88 Å². The van der Waals surface area contributed by atoms with Gasteiger partial charge in [-0.25, -0.2) is 9.97 Å². The number of Topliss-reactive ketones (excluding diaryl/α,β-unsaturated/α-hetero) is 1. The van der Waals surface area contributed by atoms with E-state index in [1.807, 2.05) is 62.9 Å². The van der Waals surface area contributed by atoms with Crippen LogP contribution in [0.4, 0.5) is 0 Å². The van der Waals surface area contributed by atoms with Crippen molar-refractivity contribution >= 4 is 39.2 Å². The van der Waals surface area contributed by atoms with E-state index in [1.165, 1.54) is 11.3 Å². The van der Waals surface area contributed by atoms with Gasteiger partial charge in [0, 0.05) is 46.5 Å². The van der Waals surface area contributed by atoms with Gasteiger partial charge in [0.15, 0.2) is 5.78 Å². The molecule has 2 N–H and O–H groups in total. The number of aromatic nitrogens is 6. The van der Waals surface area contributed by atoms with Crippen molar-refractivity contribution in [3.63, 3.8) is 0 Å². The Bertz CT molecular complexity index is 1740. The molecule has 0 saturated heterocycles. The van der Waals surface area contributed by atoms with E-state index in [9.17, 15) is 4.79 Å². The number of nitrogens with one attached hydrogen (secondary N) is 2. The van der Waals surface area contributed by atoms with Gasteiger partial charge in [-0.3, -0.25) is 14.9 Å². The second-order valence-corrected chi connectivity index (χ2v) is 10.1. The molecule has 0 spiro atoms. The Hall–Kier alpha value is -4.21. The van der Waals surface area contributed by atoms with Crippen molar-refractivity contribution in [2.75, 3.05) is 14.1 Å². The fraction of sp³-hybridized carbons (Fsp3) is 0.148. The molecule has 0 amide bonds. The first-order valence-corrected chi connectivity index (χ1v) is 12.3. The molecule has 36 heavy (non-hydrogen) atoms. The summed E-state index contributed by atoms with van der Waals surface area (Å²) in [5, 5.41) is 8.64. The fourth-order valence-electron chi connectivity index (χ4n) is 4.37. The molecule has 6 aromatic heterocycles. The topological polar surface area (TPSA) is 103 Å². The summed E-state index contributed by atoms with van der Waals surface area (Å²) in [6.07, 6.45) is 5.49. The van der Waals surface area contributed by atoms with Crippen LogP contribution in [0.3, 0.4) is 0 Å². The van der Waals surface area contributed by atoms with Crippen molar-refractivity contribution in [2.24, 2.45) is 0 Å². The Morgan fingerprint density at radius 1 is 1.08 bits per heavy atom. The maximum atomic E-state index is 11.8. The molecule has 8 nitrogen and oxygen atoms in total. The van der Waals surface area contributed by atoms with E-state index in [0.29, 0.717) is 0 Å². The summed E-state index contributed by atoms with van der Waals surface area (Å²) in [4.78, 5) is 33.0. The van der Waals surface area contributed by atoms with Gasteiger partial charge in [-0.15, -0.1) is 11.3 Å². The summed E-state index contributed by atoms with van der Waals surface area (Å²) in [7, 11) is 4.08. The minimum Gasteiger partial charge on any atom is -0.338 e.